The van der Waals surface area contributed by atoms with Gasteiger partial charge in [0.05, 0.1) is 17.3 Å². The molecule has 2 aromatic rings. The third kappa shape index (κ3) is 1.44. The van der Waals surface area contributed by atoms with Crippen molar-refractivity contribution in [3.8, 4) is 6.07 Å². The molecule has 0 spiro atoms. The maximum absolute atomic E-state index is 13.3. The zero-order valence-electron chi connectivity index (χ0n) is 9.74. The molecule has 1 aliphatic rings. The van der Waals surface area contributed by atoms with Gasteiger partial charge in [-0.25, -0.2) is 4.39 Å². The second kappa shape index (κ2) is 3.95. The van der Waals surface area contributed by atoms with Gasteiger partial charge in [-0.15, -0.1) is 0 Å². The van der Waals surface area contributed by atoms with Crippen LogP contribution in [0.4, 0.5) is 4.39 Å². The molecule has 0 N–H and O–H groups in total. The number of halogens is 1. The molecule has 0 saturated carbocycles. The topological polar surface area (TPSA) is 45.8 Å². The molecule has 1 aromatic heterocycles. The number of ketones is 1. The van der Waals surface area contributed by atoms with Crippen LogP contribution in [0.5, 0.6) is 0 Å². The van der Waals surface area contributed by atoms with Gasteiger partial charge in [0.2, 0.25) is 0 Å². The predicted octanol–water partition coefficient (Wildman–Crippen LogP) is 2.82. The van der Waals surface area contributed by atoms with Crippen molar-refractivity contribution in [1.82, 2.24) is 4.57 Å². The Labute approximate surface area is 103 Å². The highest BCUT2D eigenvalue weighted by Gasteiger charge is 2.25. The number of hydrogen-bond acceptors (Lipinski definition) is 2. The van der Waals surface area contributed by atoms with E-state index in [4.69, 9.17) is 5.26 Å². The minimum absolute atomic E-state index is 0.0584. The molecule has 18 heavy (non-hydrogen) atoms. The van der Waals surface area contributed by atoms with Crippen LogP contribution in [0, 0.1) is 17.1 Å². The largest absolute Gasteiger partial charge is 0.324 e. The summed E-state index contributed by atoms with van der Waals surface area (Å²) in [6.45, 7) is 0.128. The SMILES string of the molecule is N#CCn1c2c(c3cc(F)ccc31)CCCC2=O. The van der Waals surface area contributed by atoms with Crippen molar-refractivity contribution in [2.45, 2.75) is 25.8 Å². The third-order valence-electron chi connectivity index (χ3n) is 3.45. The molecule has 0 saturated heterocycles. The summed E-state index contributed by atoms with van der Waals surface area (Å²) in [7, 11) is 0. The molecule has 4 heteroatoms. The van der Waals surface area contributed by atoms with Gasteiger partial charge in [-0.05, 0) is 36.6 Å². The Morgan fingerprint density at radius 3 is 3.00 bits per heavy atom. The van der Waals surface area contributed by atoms with E-state index in [0.717, 1.165) is 29.3 Å². The fourth-order valence-corrected chi connectivity index (χ4v) is 2.75. The first-order valence-corrected chi connectivity index (χ1v) is 5.93. The van der Waals surface area contributed by atoms with Gasteiger partial charge in [-0.3, -0.25) is 4.79 Å². The van der Waals surface area contributed by atoms with Crippen molar-refractivity contribution in [1.29, 1.82) is 5.26 Å². The predicted molar refractivity (Wildman–Crippen MR) is 64.8 cm³/mol. The molecule has 3 rings (SSSR count). The van der Waals surface area contributed by atoms with Crippen molar-refractivity contribution >= 4 is 16.7 Å². The summed E-state index contributed by atoms with van der Waals surface area (Å²) >= 11 is 0. The van der Waals surface area contributed by atoms with E-state index in [1.54, 1.807) is 10.6 Å². The van der Waals surface area contributed by atoms with E-state index in [-0.39, 0.29) is 18.1 Å². The lowest BCUT2D eigenvalue weighted by atomic mass is 9.94. The highest BCUT2D eigenvalue weighted by atomic mass is 19.1. The number of fused-ring (bicyclic) bond motifs is 3. The summed E-state index contributed by atoms with van der Waals surface area (Å²) in [5.41, 5.74) is 2.28. The average Bonchev–Trinajstić information content (AvgIpc) is 2.66. The fourth-order valence-electron chi connectivity index (χ4n) is 2.75. The smallest absolute Gasteiger partial charge is 0.179 e. The first-order valence-electron chi connectivity index (χ1n) is 5.93. The van der Waals surface area contributed by atoms with Gasteiger partial charge in [0.25, 0.3) is 0 Å². The molecule has 0 bridgehead atoms. The maximum Gasteiger partial charge on any atom is 0.179 e. The Morgan fingerprint density at radius 1 is 1.39 bits per heavy atom. The quantitative estimate of drug-likeness (QED) is 0.771. The minimum Gasteiger partial charge on any atom is -0.324 e. The van der Waals surface area contributed by atoms with E-state index in [2.05, 4.69) is 6.07 Å². The monoisotopic (exact) mass is 242 g/mol. The van der Waals surface area contributed by atoms with Crippen molar-refractivity contribution in [3.05, 3.63) is 35.3 Å². The molecule has 0 aliphatic heterocycles. The van der Waals surface area contributed by atoms with Crippen LogP contribution < -0.4 is 0 Å². The van der Waals surface area contributed by atoms with Gasteiger partial charge in [0.1, 0.15) is 12.4 Å². The highest BCUT2D eigenvalue weighted by Crippen LogP contribution is 2.32. The van der Waals surface area contributed by atoms with E-state index in [0.29, 0.717) is 12.1 Å². The normalized spacial score (nSPS) is 14.6. The second-order valence-electron chi connectivity index (χ2n) is 4.51. The van der Waals surface area contributed by atoms with Gasteiger partial charge in [0, 0.05) is 11.8 Å². The lowest BCUT2D eigenvalue weighted by molar-refractivity contribution is 0.0964. The van der Waals surface area contributed by atoms with Crippen LogP contribution in [0.25, 0.3) is 10.9 Å². The molecule has 0 unspecified atom stereocenters. The lowest BCUT2D eigenvalue weighted by Crippen LogP contribution is -2.15. The minimum atomic E-state index is -0.308. The number of aryl methyl sites for hydroxylation is 1. The molecule has 0 fully saturated rings. The van der Waals surface area contributed by atoms with Crippen molar-refractivity contribution in [2.24, 2.45) is 0 Å². The molecule has 3 nitrogen and oxygen atoms in total. The van der Waals surface area contributed by atoms with Crippen molar-refractivity contribution < 1.29 is 9.18 Å². The zero-order chi connectivity index (χ0) is 12.7. The van der Waals surface area contributed by atoms with E-state index in [9.17, 15) is 9.18 Å². The first kappa shape index (κ1) is 11.0. The summed E-state index contributed by atoms with van der Waals surface area (Å²) in [4.78, 5) is 12.0. The van der Waals surface area contributed by atoms with E-state index in [1.807, 2.05) is 0 Å². The van der Waals surface area contributed by atoms with Crippen LogP contribution in [-0.2, 0) is 13.0 Å². The number of carbonyl (C=O) groups is 1. The van der Waals surface area contributed by atoms with E-state index in [1.165, 1.54) is 12.1 Å². The molecule has 0 amide bonds. The van der Waals surface area contributed by atoms with Crippen LogP contribution in [0.2, 0.25) is 0 Å². The second-order valence-corrected chi connectivity index (χ2v) is 4.51. The molecule has 1 aliphatic carbocycles. The highest BCUT2D eigenvalue weighted by molar-refractivity contribution is 6.04. The Balaban J connectivity index is 2.40. The number of nitriles is 1. The van der Waals surface area contributed by atoms with Gasteiger partial charge in [-0.2, -0.15) is 5.26 Å². The number of rotatable bonds is 1. The van der Waals surface area contributed by atoms with Gasteiger partial charge >= 0.3 is 0 Å². The van der Waals surface area contributed by atoms with Crippen molar-refractivity contribution in [2.75, 3.05) is 0 Å². The van der Waals surface area contributed by atoms with Crippen LogP contribution >= 0.6 is 0 Å². The molecular weight excluding hydrogens is 231 g/mol. The number of aromatic nitrogens is 1. The maximum atomic E-state index is 13.3. The van der Waals surface area contributed by atoms with Gasteiger partial charge < -0.3 is 4.57 Å². The number of Topliss-reactive ketones (excluding diaryl/α,β-unsaturated/α-hetero) is 1. The Hall–Kier alpha value is -2.15. The summed E-state index contributed by atoms with van der Waals surface area (Å²) in [6.07, 6.45) is 2.09. The summed E-state index contributed by atoms with van der Waals surface area (Å²) in [5.74, 6) is -0.250. The summed E-state index contributed by atoms with van der Waals surface area (Å²) in [5, 5.41) is 9.66. The van der Waals surface area contributed by atoms with Crippen LogP contribution in [-0.4, -0.2) is 10.4 Å². The lowest BCUT2D eigenvalue weighted by Gasteiger charge is -2.12. The molecular formula is C14H11FN2O. The van der Waals surface area contributed by atoms with Gasteiger partial charge in [0.15, 0.2) is 5.78 Å². The molecule has 90 valence electrons. The van der Waals surface area contributed by atoms with Crippen LogP contribution in [0.15, 0.2) is 18.2 Å². The Bertz CT molecular complexity index is 694. The zero-order valence-corrected chi connectivity index (χ0v) is 9.74. The first-order chi connectivity index (χ1) is 8.72. The standard InChI is InChI=1S/C14H11FN2O/c15-9-4-5-12-11(8-9)10-2-1-3-13(18)14(10)17(12)7-6-16/h4-5,8H,1-3,7H2. The number of nitrogens with zero attached hydrogens (tertiary/aromatic N) is 2. The molecule has 1 heterocycles. The van der Waals surface area contributed by atoms with E-state index < -0.39 is 0 Å². The Kier molecular flexibility index (Phi) is 2.41. The number of benzene rings is 1. The molecule has 0 atom stereocenters. The molecule has 1 aromatic carbocycles. The van der Waals surface area contributed by atoms with Crippen LogP contribution in [0.1, 0.15) is 28.9 Å². The summed E-state index contributed by atoms with van der Waals surface area (Å²) in [6, 6.07) is 6.54. The van der Waals surface area contributed by atoms with Crippen LogP contribution in [0.3, 0.4) is 0 Å². The summed E-state index contributed by atoms with van der Waals surface area (Å²) < 4.78 is 15.1. The molecule has 0 radical (unpaired) electrons. The van der Waals surface area contributed by atoms with Crippen molar-refractivity contribution in [3.63, 3.8) is 0 Å². The van der Waals surface area contributed by atoms with E-state index >= 15 is 0 Å². The van der Waals surface area contributed by atoms with Gasteiger partial charge in [-0.1, -0.05) is 0 Å². The number of carbonyl (C=O) groups excluding carboxylic acids is 1. The fraction of sp³-hybridized carbons (Fsp3) is 0.286. The average molecular weight is 242 g/mol. The number of hydrogen-bond donors (Lipinski definition) is 0. The Morgan fingerprint density at radius 2 is 2.22 bits per heavy atom. The third-order valence-corrected chi connectivity index (χ3v) is 3.45.